The van der Waals surface area contributed by atoms with Gasteiger partial charge in [-0.2, -0.15) is 5.10 Å². The predicted molar refractivity (Wildman–Crippen MR) is 65.4 cm³/mol. The molecule has 1 aliphatic rings. The highest BCUT2D eigenvalue weighted by molar-refractivity contribution is 6.15. The lowest BCUT2D eigenvalue weighted by Crippen LogP contribution is -2.09. The largest absolute Gasteiger partial charge is 0.493 e. The molecule has 0 radical (unpaired) electrons. The Morgan fingerprint density at radius 3 is 2.33 bits per heavy atom. The van der Waals surface area contributed by atoms with Crippen LogP contribution in [0.5, 0.6) is 17.2 Å². The highest BCUT2D eigenvalue weighted by Crippen LogP contribution is 2.40. The van der Waals surface area contributed by atoms with Gasteiger partial charge in [-0.25, -0.2) is 5.43 Å². The SMILES string of the molecule is COc1ccc(C2=NNC(=O)C2)c(OC)c1OC. The van der Waals surface area contributed by atoms with E-state index >= 15 is 0 Å². The Balaban J connectivity index is 2.51. The van der Waals surface area contributed by atoms with Crippen molar-refractivity contribution in [3.63, 3.8) is 0 Å². The van der Waals surface area contributed by atoms with Crippen LogP contribution in [0.15, 0.2) is 17.2 Å². The topological polar surface area (TPSA) is 69.2 Å². The van der Waals surface area contributed by atoms with Gasteiger partial charge >= 0.3 is 0 Å². The first-order chi connectivity index (χ1) is 8.71. The third-order valence-corrected chi connectivity index (χ3v) is 2.66. The molecule has 0 bridgehead atoms. The summed E-state index contributed by atoms with van der Waals surface area (Å²) < 4.78 is 15.8. The van der Waals surface area contributed by atoms with Crippen LogP contribution in [0, 0.1) is 0 Å². The second kappa shape index (κ2) is 4.95. The number of benzene rings is 1. The predicted octanol–water partition coefficient (Wildman–Crippen LogP) is 0.936. The van der Waals surface area contributed by atoms with E-state index in [0.29, 0.717) is 28.5 Å². The first-order valence-electron chi connectivity index (χ1n) is 5.36. The number of amides is 1. The molecule has 0 aromatic heterocycles. The summed E-state index contributed by atoms with van der Waals surface area (Å²) in [6.45, 7) is 0. The maximum Gasteiger partial charge on any atom is 0.246 e. The minimum atomic E-state index is -0.137. The maximum absolute atomic E-state index is 11.2. The highest BCUT2D eigenvalue weighted by Gasteiger charge is 2.23. The van der Waals surface area contributed by atoms with Crippen LogP contribution < -0.4 is 19.6 Å². The van der Waals surface area contributed by atoms with Gasteiger partial charge in [0, 0.05) is 5.56 Å². The van der Waals surface area contributed by atoms with Crippen molar-refractivity contribution in [3.8, 4) is 17.2 Å². The van der Waals surface area contributed by atoms with Crippen LogP contribution in [0.1, 0.15) is 12.0 Å². The van der Waals surface area contributed by atoms with Gasteiger partial charge in [-0.1, -0.05) is 0 Å². The Kier molecular flexibility index (Phi) is 3.36. The molecule has 0 fully saturated rings. The molecule has 96 valence electrons. The molecule has 6 nitrogen and oxygen atoms in total. The van der Waals surface area contributed by atoms with Gasteiger partial charge in [0.15, 0.2) is 11.5 Å². The van der Waals surface area contributed by atoms with Crippen LogP contribution in [0.3, 0.4) is 0 Å². The summed E-state index contributed by atoms with van der Waals surface area (Å²) >= 11 is 0. The van der Waals surface area contributed by atoms with E-state index < -0.39 is 0 Å². The molecule has 0 spiro atoms. The van der Waals surface area contributed by atoms with Gasteiger partial charge in [0.1, 0.15) is 0 Å². The summed E-state index contributed by atoms with van der Waals surface area (Å²) in [5.74, 6) is 1.42. The Morgan fingerprint density at radius 2 is 1.83 bits per heavy atom. The van der Waals surface area contributed by atoms with Crippen LogP contribution in [-0.2, 0) is 4.79 Å². The molecule has 0 unspecified atom stereocenters. The number of ether oxygens (including phenoxy) is 3. The van der Waals surface area contributed by atoms with Crippen LogP contribution in [0.4, 0.5) is 0 Å². The molecular formula is C12H14N2O4. The fraction of sp³-hybridized carbons (Fsp3) is 0.333. The number of hydrazone groups is 1. The highest BCUT2D eigenvalue weighted by atomic mass is 16.5. The monoisotopic (exact) mass is 250 g/mol. The summed E-state index contributed by atoms with van der Waals surface area (Å²) in [5.41, 5.74) is 3.75. The lowest BCUT2D eigenvalue weighted by Gasteiger charge is -2.15. The Bertz CT molecular complexity index is 511. The minimum absolute atomic E-state index is 0.137. The van der Waals surface area contributed by atoms with Crippen molar-refractivity contribution in [3.05, 3.63) is 17.7 Å². The zero-order chi connectivity index (χ0) is 13.1. The minimum Gasteiger partial charge on any atom is -0.493 e. The second-order valence-electron chi connectivity index (χ2n) is 3.65. The lowest BCUT2D eigenvalue weighted by atomic mass is 10.1. The first-order valence-corrected chi connectivity index (χ1v) is 5.36. The van der Waals surface area contributed by atoms with Crippen molar-refractivity contribution in [2.24, 2.45) is 5.10 Å². The van der Waals surface area contributed by atoms with Gasteiger partial charge in [-0.3, -0.25) is 4.79 Å². The van der Waals surface area contributed by atoms with Crippen LogP contribution in [-0.4, -0.2) is 32.9 Å². The lowest BCUT2D eigenvalue weighted by molar-refractivity contribution is -0.119. The van der Waals surface area contributed by atoms with E-state index in [2.05, 4.69) is 10.5 Å². The van der Waals surface area contributed by atoms with Gasteiger partial charge in [0.2, 0.25) is 11.7 Å². The fourth-order valence-corrected chi connectivity index (χ4v) is 1.84. The number of hydrogen-bond acceptors (Lipinski definition) is 5. The van der Waals surface area contributed by atoms with Crippen LogP contribution in [0.2, 0.25) is 0 Å². The number of methoxy groups -OCH3 is 3. The van der Waals surface area contributed by atoms with Crippen LogP contribution >= 0.6 is 0 Å². The molecule has 1 amide bonds. The molecule has 6 heteroatoms. The summed E-state index contributed by atoms with van der Waals surface area (Å²) in [6.07, 6.45) is 0.228. The molecule has 1 aliphatic heterocycles. The van der Waals surface area contributed by atoms with E-state index in [9.17, 15) is 4.79 Å². The average Bonchev–Trinajstić information content (AvgIpc) is 2.83. The molecule has 0 saturated carbocycles. The average molecular weight is 250 g/mol. The number of hydrogen-bond donors (Lipinski definition) is 1. The Morgan fingerprint density at radius 1 is 1.11 bits per heavy atom. The molecule has 0 aliphatic carbocycles. The summed E-state index contributed by atoms with van der Waals surface area (Å²) in [4.78, 5) is 11.2. The van der Waals surface area contributed by atoms with Gasteiger partial charge in [-0.15, -0.1) is 0 Å². The number of nitrogens with zero attached hydrogens (tertiary/aromatic N) is 1. The van der Waals surface area contributed by atoms with E-state index in [1.54, 1.807) is 19.2 Å². The van der Waals surface area contributed by atoms with Crippen molar-refractivity contribution in [2.75, 3.05) is 21.3 Å². The first kappa shape index (κ1) is 12.2. The van der Waals surface area contributed by atoms with Gasteiger partial charge < -0.3 is 14.2 Å². The van der Waals surface area contributed by atoms with Crippen molar-refractivity contribution in [1.29, 1.82) is 0 Å². The summed E-state index contributed by atoms with van der Waals surface area (Å²) in [7, 11) is 4.62. The Hall–Kier alpha value is -2.24. The third kappa shape index (κ3) is 1.97. The van der Waals surface area contributed by atoms with Crippen molar-refractivity contribution >= 4 is 11.6 Å². The fourth-order valence-electron chi connectivity index (χ4n) is 1.84. The summed E-state index contributed by atoms with van der Waals surface area (Å²) in [5, 5.41) is 3.97. The molecule has 1 aromatic rings. The number of nitrogens with one attached hydrogen (secondary N) is 1. The molecule has 18 heavy (non-hydrogen) atoms. The molecule has 1 heterocycles. The molecule has 2 rings (SSSR count). The third-order valence-electron chi connectivity index (χ3n) is 2.66. The van der Waals surface area contributed by atoms with E-state index in [1.807, 2.05) is 0 Å². The van der Waals surface area contributed by atoms with Crippen molar-refractivity contribution < 1.29 is 19.0 Å². The van der Waals surface area contributed by atoms with Crippen LogP contribution in [0.25, 0.3) is 0 Å². The molecule has 0 saturated heterocycles. The normalized spacial score (nSPS) is 13.9. The second-order valence-corrected chi connectivity index (χ2v) is 3.65. The van der Waals surface area contributed by atoms with Crippen molar-refractivity contribution in [1.82, 2.24) is 5.43 Å². The van der Waals surface area contributed by atoms with Gasteiger partial charge in [0.05, 0.1) is 33.5 Å². The smallest absolute Gasteiger partial charge is 0.246 e. The molecule has 1 aromatic carbocycles. The molecule has 1 N–H and O–H groups in total. The zero-order valence-electron chi connectivity index (χ0n) is 10.4. The molecule has 0 atom stereocenters. The van der Waals surface area contributed by atoms with Gasteiger partial charge in [0.25, 0.3) is 0 Å². The Labute approximate surface area is 105 Å². The number of rotatable bonds is 4. The van der Waals surface area contributed by atoms with Crippen molar-refractivity contribution in [2.45, 2.75) is 6.42 Å². The van der Waals surface area contributed by atoms with E-state index in [4.69, 9.17) is 14.2 Å². The zero-order valence-corrected chi connectivity index (χ0v) is 10.4. The quantitative estimate of drug-likeness (QED) is 0.863. The van der Waals surface area contributed by atoms with E-state index in [0.717, 1.165) is 0 Å². The molecular weight excluding hydrogens is 236 g/mol. The number of carbonyl (C=O) groups excluding carboxylic acids is 1. The van der Waals surface area contributed by atoms with E-state index in [1.165, 1.54) is 14.2 Å². The standard InChI is InChI=1S/C12H14N2O4/c1-16-9-5-4-7(8-6-10(15)14-13-8)11(17-2)12(9)18-3/h4-5H,6H2,1-3H3,(H,14,15). The number of carbonyl (C=O) groups is 1. The maximum atomic E-state index is 11.2. The van der Waals surface area contributed by atoms with Gasteiger partial charge in [-0.05, 0) is 12.1 Å². The van der Waals surface area contributed by atoms with E-state index in [-0.39, 0.29) is 12.3 Å². The summed E-state index contributed by atoms with van der Waals surface area (Å²) in [6, 6.07) is 3.54.